The smallest absolute Gasteiger partial charge is 0.343 e. The largest absolute Gasteiger partial charge is 0.497 e. The standard InChI is InChI=1S/C23H20N4O5/c1-31-17-9-7-15(8-10-17)11-25-20-18-12-24-14-26-21(18)27(22(28)19(20)23(29)30)32-13-16-5-3-2-4-6-16/h2-10,12,14,25H,11,13H2,1H3,(H,29,30). The normalized spacial score (nSPS) is 10.7. The molecular formula is C23H20N4O5. The van der Waals surface area contributed by atoms with Crippen LogP contribution in [0.1, 0.15) is 21.5 Å². The molecule has 32 heavy (non-hydrogen) atoms. The van der Waals surface area contributed by atoms with Gasteiger partial charge in [0.1, 0.15) is 18.7 Å². The Morgan fingerprint density at radius 3 is 2.53 bits per heavy atom. The van der Waals surface area contributed by atoms with Gasteiger partial charge < -0.3 is 20.0 Å². The average molecular weight is 432 g/mol. The molecule has 0 aliphatic carbocycles. The molecule has 0 bridgehead atoms. The SMILES string of the molecule is COc1ccc(CNc2c(C(=O)O)c(=O)n(OCc3ccccc3)c3ncncc23)cc1. The number of nitrogens with zero attached hydrogens (tertiary/aromatic N) is 3. The number of aromatic carboxylic acids is 1. The van der Waals surface area contributed by atoms with Gasteiger partial charge in [-0.05, 0) is 23.3 Å². The van der Waals surface area contributed by atoms with Crippen molar-refractivity contribution < 1.29 is 19.5 Å². The highest BCUT2D eigenvalue weighted by Crippen LogP contribution is 2.24. The van der Waals surface area contributed by atoms with Crippen LogP contribution in [0.4, 0.5) is 5.69 Å². The minimum Gasteiger partial charge on any atom is -0.497 e. The number of carboxylic acids is 1. The highest BCUT2D eigenvalue weighted by molar-refractivity contribution is 6.03. The van der Waals surface area contributed by atoms with Crippen molar-refractivity contribution in [1.29, 1.82) is 0 Å². The van der Waals surface area contributed by atoms with Gasteiger partial charge in [-0.2, -0.15) is 0 Å². The van der Waals surface area contributed by atoms with Gasteiger partial charge in [0.05, 0.1) is 18.2 Å². The van der Waals surface area contributed by atoms with Crippen LogP contribution in [-0.2, 0) is 13.2 Å². The molecule has 2 heterocycles. The first-order valence-corrected chi connectivity index (χ1v) is 9.74. The van der Waals surface area contributed by atoms with E-state index in [9.17, 15) is 14.7 Å². The Morgan fingerprint density at radius 1 is 1.09 bits per heavy atom. The summed E-state index contributed by atoms with van der Waals surface area (Å²) in [6.07, 6.45) is 2.73. The van der Waals surface area contributed by atoms with Crippen LogP contribution in [0.2, 0.25) is 0 Å². The first kappa shape index (κ1) is 20.9. The summed E-state index contributed by atoms with van der Waals surface area (Å²) < 4.78 is 6.06. The summed E-state index contributed by atoms with van der Waals surface area (Å²) in [6, 6.07) is 16.5. The first-order valence-electron chi connectivity index (χ1n) is 9.74. The number of hydrogen-bond acceptors (Lipinski definition) is 7. The molecule has 0 saturated carbocycles. The van der Waals surface area contributed by atoms with E-state index in [-0.39, 0.29) is 24.5 Å². The lowest BCUT2D eigenvalue weighted by Gasteiger charge is -2.16. The van der Waals surface area contributed by atoms with Gasteiger partial charge in [-0.15, -0.1) is 4.73 Å². The van der Waals surface area contributed by atoms with Crippen LogP contribution in [0.25, 0.3) is 11.0 Å². The number of nitrogens with one attached hydrogen (secondary N) is 1. The van der Waals surface area contributed by atoms with E-state index in [1.165, 1.54) is 12.5 Å². The predicted octanol–water partition coefficient (Wildman–Crippen LogP) is 2.74. The summed E-state index contributed by atoms with van der Waals surface area (Å²) in [4.78, 5) is 39.0. The number of ether oxygens (including phenoxy) is 1. The minimum atomic E-state index is -1.38. The second-order valence-corrected chi connectivity index (χ2v) is 6.88. The van der Waals surface area contributed by atoms with E-state index in [4.69, 9.17) is 9.57 Å². The number of aromatic nitrogens is 3. The highest BCUT2D eigenvalue weighted by atomic mass is 16.7. The lowest BCUT2D eigenvalue weighted by atomic mass is 10.1. The van der Waals surface area contributed by atoms with Gasteiger partial charge in [0.2, 0.25) is 0 Å². The summed E-state index contributed by atoms with van der Waals surface area (Å²) in [5.74, 6) is -0.674. The number of carboxylic acid groups (broad SMARTS) is 1. The van der Waals surface area contributed by atoms with E-state index in [0.717, 1.165) is 15.9 Å². The van der Waals surface area contributed by atoms with E-state index in [2.05, 4.69) is 15.3 Å². The zero-order chi connectivity index (χ0) is 22.5. The quantitative estimate of drug-likeness (QED) is 0.437. The predicted molar refractivity (Wildman–Crippen MR) is 118 cm³/mol. The Morgan fingerprint density at radius 2 is 1.84 bits per heavy atom. The van der Waals surface area contributed by atoms with Crippen molar-refractivity contribution in [1.82, 2.24) is 14.7 Å². The van der Waals surface area contributed by atoms with Crippen molar-refractivity contribution >= 4 is 22.7 Å². The van der Waals surface area contributed by atoms with E-state index in [1.54, 1.807) is 19.2 Å². The zero-order valence-electron chi connectivity index (χ0n) is 17.2. The molecule has 0 fully saturated rings. The Kier molecular flexibility index (Phi) is 5.98. The van der Waals surface area contributed by atoms with Crippen molar-refractivity contribution in [3.63, 3.8) is 0 Å². The zero-order valence-corrected chi connectivity index (χ0v) is 17.2. The third kappa shape index (κ3) is 4.22. The van der Waals surface area contributed by atoms with Gasteiger partial charge in [-0.25, -0.2) is 14.8 Å². The minimum absolute atomic E-state index is 0.0670. The second-order valence-electron chi connectivity index (χ2n) is 6.88. The number of hydrogen-bond donors (Lipinski definition) is 2. The van der Waals surface area contributed by atoms with Crippen molar-refractivity contribution in [3.8, 4) is 5.75 Å². The Bertz CT molecular complexity index is 1300. The first-order chi connectivity index (χ1) is 15.6. The number of methoxy groups -OCH3 is 1. The number of benzene rings is 2. The molecule has 2 N–H and O–H groups in total. The summed E-state index contributed by atoms with van der Waals surface area (Å²) in [5, 5.41) is 13.2. The third-order valence-electron chi connectivity index (χ3n) is 4.85. The third-order valence-corrected chi connectivity index (χ3v) is 4.85. The maximum absolute atomic E-state index is 13.1. The molecule has 0 amide bonds. The van der Waals surface area contributed by atoms with E-state index in [1.807, 2.05) is 42.5 Å². The van der Waals surface area contributed by atoms with Crippen LogP contribution in [-0.4, -0.2) is 32.9 Å². The lowest BCUT2D eigenvalue weighted by Crippen LogP contribution is -2.33. The molecule has 0 spiro atoms. The van der Waals surface area contributed by atoms with Crippen LogP contribution in [0.5, 0.6) is 5.75 Å². The lowest BCUT2D eigenvalue weighted by molar-refractivity contribution is 0.0678. The van der Waals surface area contributed by atoms with Crippen LogP contribution < -0.4 is 20.5 Å². The fourth-order valence-electron chi connectivity index (χ4n) is 3.25. The monoisotopic (exact) mass is 432 g/mol. The van der Waals surface area contributed by atoms with E-state index in [0.29, 0.717) is 11.1 Å². The fraction of sp³-hybridized carbons (Fsp3) is 0.130. The molecule has 9 heteroatoms. The van der Waals surface area contributed by atoms with Crippen molar-refractivity contribution in [3.05, 3.63) is 94.2 Å². The van der Waals surface area contributed by atoms with Crippen LogP contribution in [0.15, 0.2) is 71.9 Å². The number of fused-ring (bicyclic) bond motifs is 1. The number of anilines is 1. The Hall–Kier alpha value is -4.40. The van der Waals surface area contributed by atoms with Gasteiger partial charge in [-0.3, -0.25) is 4.79 Å². The summed E-state index contributed by atoms with van der Waals surface area (Å²) in [5.41, 5.74) is 0.721. The van der Waals surface area contributed by atoms with Crippen LogP contribution >= 0.6 is 0 Å². The molecule has 4 aromatic rings. The number of carbonyl (C=O) groups is 1. The van der Waals surface area contributed by atoms with Gasteiger partial charge in [0.15, 0.2) is 11.2 Å². The maximum atomic E-state index is 13.1. The summed E-state index contributed by atoms with van der Waals surface area (Å²) in [7, 11) is 1.58. The molecule has 0 aliphatic heterocycles. The summed E-state index contributed by atoms with van der Waals surface area (Å²) in [6.45, 7) is 0.347. The van der Waals surface area contributed by atoms with Crippen molar-refractivity contribution in [2.24, 2.45) is 0 Å². The summed E-state index contributed by atoms with van der Waals surface area (Å²) >= 11 is 0. The Labute approximate surface area is 182 Å². The van der Waals surface area contributed by atoms with Crippen LogP contribution in [0.3, 0.4) is 0 Å². The number of rotatable bonds is 8. The van der Waals surface area contributed by atoms with Gasteiger partial charge in [-0.1, -0.05) is 42.5 Å². The van der Waals surface area contributed by atoms with E-state index >= 15 is 0 Å². The molecule has 0 aliphatic rings. The van der Waals surface area contributed by atoms with Gasteiger partial charge in [0, 0.05) is 12.7 Å². The fourth-order valence-corrected chi connectivity index (χ4v) is 3.25. The average Bonchev–Trinajstić information content (AvgIpc) is 2.82. The van der Waals surface area contributed by atoms with Gasteiger partial charge >= 0.3 is 11.5 Å². The Balaban J connectivity index is 1.74. The molecule has 2 aromatic heterocycles. The maximum Gasteiger partial charge on any atom is 0.343 e. The highest BCUT2D eigenvalue weighted by Gasteiger charge is 2.24. The van der Waals surface area contributed by atoms with Gasteiger partial charge in [0.25, 0.3) is 0 Å². The molecule has 0 radical (unpaired) electrons. The second kappa shape index (κ2) is 9.17. The molecule has 9 nitrogen and oxygen atoms in total. The molecule has 2 aromatic carbocycles. The molecule has 0 unspecified atom stereocenters. The number of pyridine rings is 1. The van der Waals surface area contributed by atoms with E-state index < -0.39 is 17.1 Å². The van der Waals surface area contributed by atoms with Crippen LogP contribution in [0, 0.1) is 0 Å². The molecule has 0 saturated heterocycles. The topological polar surface area (TPSA) is 116 Å². The molecule has 4 rings (SSSR count). The molecule has 162 valence electrons. The molecular weight excluding hydrogens is 412 g/mol. The van der Waals surface area contributed by atoms with Crippen molar-refractivity contribution in [2.45, 2.75) is 13.2 Å². The van der Waals surface area contributed by atoms with Crippen molar-refractivity contribution in [2.75, 3.05) is 12.4 Å². The molecule has 0 atom stereocenters.